The molecule has 0 aliphatic rings. The quantitative estimate of drug-likeness (QED) is 0.126. The number of nitrogens with zero attached hydrogens (tertiary/aromatic N) is 3. The second-order valence-corrected chi connectivity index (χ2v) is 7.83. The predicted molar refractivity (Wildman–Crippen MR) is 128 cm³/mol. The van der Waals surface area contributed by atoms with Crippen molar-refractivity contribution < 1.29 is 9.66 Å². The van der Waals surface area contributed by atoms with E-state index in [9.17, 15) is 10.1 Å². The first kappa shape index (κ1) is 23.4. The van der Waals surface area contributed by atoms with Crippen LogP contribution in [0.2, 0.25) is 5.02 Å². The van der Waals surface area contributed by atoms with E-state index in [1.165, 1.54) is 43.9 Å². The van der Waals surface area contributed by atoms with Crippen molar-refractivity contribution in [3.05, 3.63) is 81.9 Å². The van der Waals surface area contributed by atoms with Crippen molar-refractivity contribution in [2.75, 3.05) is 6.61 Å². The predicted octanol–water partition coefficient (Wildman–Crippen LogP) is 8.68. The van der Waals surface area contributed by atoms with Crippen LogP contribution in [0.3, 0.4) is 0 Å². The van der Waals surface area contributed by atoms with Gasteiger partial charge >= 0.3 is 0 Å². The number of nitro benzene ring substituents is 1. The number of benzene rings is 3. The molecule has 0 saturated carbocycles. The van der Waals surface area contributed by atoms with Crippen LogP contribution in [0.5, 0.6) is 5.75 Å². The Kier molecular flexibility index (Phi) is 8.75. The van der Waals surface area contributed by atoms with Crippen LogP contribution in [0.25, 0.3) is 11.1 Å². The highest BCUT2D eigenvalue weighted by Gasteiger charge is 2.09. The van der Waals surface area contributed by atoms with Gasteiger partial charge in [-0.15, -0.1) is 5.11 Å². The summed E-state index contributed by atoms with van der Waals surface area (Å²) in [7, 11) is 0. The second-order valence-electron chi connectivity index (χ2n) is 7.43. The number of halogens is 1. The summed E-state index contributed by atoms with van der Waals surface area (Å²) in [5.41, 5.74) is 3.10. The summed E-state index contributed by atoms with van der Waals surface area (Å²) >= 11 is 6.05. The third kappa shape index (κ3) is 6.89. The minimum Gasteiger partial charge on any atom is -0.494 e. The molecule has 0 saturated heterocycles. The molecular weight excluding hydrogens is 426 g/mol. The molecule has 3 rings (SSSR count). The zero-order valence-corrected chi connectivity index (χ0v) is 18.8. The number of azo groups is 1. The third-order valence-electron chi connectivity index (χ3n) is 4.99. The van der Waals surface area contributed by atoms with Crippen LogP contribution in [-0.2, 0) is 0 Å². The van der Waals surface area contributed by atoms with Gasteiger partial charge in [0.2, 0.25) is 0 Å². The third-order valence-corrected chi connectivity index (χ3v) is 5.29. The fourth-order valence-electron chi connectivity index (χ4n) is 3.16. The minimum absolute atomic E-state index is 0.0818. The summed E-state index contributed by atoms with van der Waals surface area (Å²) in [4.78, 5) is 10.3. The van der Waals surface area contributed by atoms with Crippen LogP contribution < -0.4 is 4.74 Å². The number of hydrogen-bond donors (Lipinski definition) is 0. The van der Waals surface area contributed by atoms with Crippen LogP contribution >= 0.6 is 11.6 Å². The van der Waals surface area contributed by atoms with E-state index >= 15 is 0 Å². The van der Waals surface area contributed by atoms with Gasteiger partial charge in [-0.3, -0.25) is 10.1 Å². The van der Waals surface area contributed by atoms with E-state index in [0.29, 0.717) is 11.4 Å². The van der Waals surface area contributed by atoms with Crippen molar-refractivity contribution >= 4 is 28.7 Å². The average molecular weight is 452 g/mol. The highest BCUT2D eigenvalue weighted by Crippen LogP contribution is 2.31. The topological polar surface area (TPSA) is 77.1 Å². The van der Waals surface area contributed by atoms with Crippen molar-refractivity contribution in [3.8, 4) is 16.9 Å². The summed E-state index contributed by atoms with van der Waals surface area (Å²) in [5, 5.41) is 19.2. The number of unbranched alkanes of at least 4 members (excludes halogenated alkanes) is 4. The monoisotopic (exact) mass is 451 g/mol. The van der Waals surface area contributed by atoms with Gasteiger partial charge in [0.1, 0.15) is 11.4 Å². The average Bonchev–Trinajstić information content (AvgIpc) is 2.81. The van der Waals surface area contributed by atoms with Gasteiger partial charge in [-0.1, -0.05) is 68.5 Å². The number of non-ortho nitro benzene ring substituents is 1. The second kappa shape index (κ2) is 12.0. The van der Waals surface area contributed by atoms with Crippen molar-refractivity contribution in [1.29, 1.82) is 0 Å². The Hall–Kier alpha value is -3.25. The summed E-state index contributed by atoms with van der Waals surface area (Å²) in [5.74, 6) is 0.884. The number of rotatable bonds is 11. The molecule has 32 heavy (non-hydrogen) atoms. The Morgan fingerprint density at radius 3 is 2.16 bits per heavy atom. The maximum absolute atomic E-state index is 10.8. The summed E-state index contributed by atoms with van der Waals surface area (Å²) in [6.45, 7) is 2.97. The Labute approximate surface area is 193 Å². The van der Waals surface area contributed by atoms with E-state index < -0.39 is 4.92 Å². The lowest BCUT2D eigenvalue weighted by molar-refractivity contribution is -0.384. The molecular formula is C25H26ClN3O3. The highest BCUT2D eigenvalue weighted by molar-refractivity contribution is 6.33. The fourth-order valence-corrected chi connectivity index (χ4v) is 3.37. The zero-order valence-electron chi connectivity index (χ0n) is 18.0. The summed E-state index contributed by atoms with van der Waals surface area (Å²) in [6, 6.07) is 19.8. The number of hydrogen-bond acceptors (Lipinski definition) is 5. The zero-order chi connectivity index (χ0) is 22.8. The van der Waals surface area contributed by atoms with E-state index in [4.69, 9.17) is 16.3 Å². The molecule has 3 aromatic rings. The fraction of sp³-hybridized carbons (Fsp3) is 0.280. The smallest absolute Gasteiger partial charge is 0.271 e. The van der Waals surface area contributed by atoms with Crippen molar-refractivity contribution in [2.24, 2.45) is 10.2 Å². The lowest BCUT2D eigenvalue weighted by atomic mass is 10.1. The number of nitro groups is 1. The van der Waals surface area contributed by atoms with Crippen LogP contribution in [0.15, 0.2) is 77.0 Å². The molecule has 0 atom stereocenters. The van der Waals surface area contributed by atoms with Crippen molar-refractivity contribution in [1.82, 2.24) is 0 Å². The molecule has 7 heteroatoms. The Morgan fingerprint density at radius 2 is 1.53 bits per heavy atom. The summed E-state index contributed by atoms with van der Waals surface area (Å²) in [6.07, 6.45) is 6.12. The van der Waals surface area contributed by atoms with Gasteiger partial charge in [0.15, 0.2) is 0 Å². The maximum atomic E-state index is 10.8. The summed E-state index contributed by atoms with van der Waals surface area (Å²) < 4.78 is 5.82. The van der Waals surface area contributed by atoms with Gasteiger partial charge in [-0.05, 0) is 47.9 Å². The SMILES string of the molecule is CCCCCCCOc1ccc(-c2ccc(/N=N/c3ccc([N+](=O)[O-])cc3Cl)cc2)cc1. The van der Waals surface area contributed by atoms with E-state index in [1.807, 2.05) is 48.5 Å². The molecule has 3 aromatic carbocycles. The lowest BCUT2D eigenvalue weighted by Gasteiger charge is -2.07. The first-order valence-corrected chi connectivity index (χ1v) is 11.1. The first-order valence-electron chi connectivity index (χ1n) is 10.8. The molecule has 0 radical (unpaired) electrons. The van der Waals surface area contributed by atoms with Crippen molar-refractivity contribution in [3.63, 3.8) is 0 Å². The van der Waals surface area contributed by atoms with Gasteiger partial charge in [0, 0.05) is 12.1 Å². The standard InChI is InChI=1S/C25H26ClN3O3/c1-2-3-4-5-6-17-32-23-14-9-20(10-15-23)19-7-11-21(12-8-19)27-28-25-16-13-22(29(30)31)18-24(25)26/h7-16,18H,2-6,17H2,1H3/b28-27+. The van der Waals surface area contributed by atoms with Crippen molar-refractivity contribution in [2.45, 2.75) is 39.0 Å². The minimum atomic E-state index is -0.501. The number of ether oxygens (including phenoxy) is 1. The van der Waals surface area contributed by atoms with E-state index in [-0.39, 0.29) is 10.7 Å². The van der Waals surface area contributed by atoms with Gasteiger partial charge in [-0.2, -0.15) is 5.11 Å². The highest BCUT2D eigenvalue weighted by atomic mass is 35.5. The molecule has 0 N–H and O–H groups in total. The molecule has 0 bridgehead atoms. The Bertz CT molecular complexity index is 1050. The van der Waals surface area contributed by atoms with Gasteiger partial charge < -0.3 is 4.74 Å². The van der Waals surface area contributed by atoms with Crippen LogP contribution in [0.4, 0.5) is 17.1 Å². The molecule has 6 nitrogen and oxygen atoms in total. The Balaban J connectivity index is 1.56. The van der Waals surface area contributed by atoms with Gasteiger partial charge in [0.25, 0.3) is 5.69 Å². The molecule has 0 heterocycles. The van der Waals surface area contributed by atoms with Crippen LogP contribution in [0.1, 0.15) is 39.0 Å². The molecule has 166 valence electrons. The molecule has 0 fully saturated rings. The van der Waals surface area contributed by atoms with E-state index in [1.54, 1.807) is 0 Å². The van der Waals surface area contributed by atoms with Gasteiger partial charge in [-0.25, -0.2) is 0 Å². The molecule has 0 aromatic heterocycles. The Morgan fingerprint density at radius 1 is 0.875 bits per heavy atom. The molecule has 0 aliphatic carbocycles. The van der Waals surface area contributed by atoms with E-state index in [0.717, 1.165) is 29.9 Å². The normalized spacial score (nSPS) is 11.1. The van der Waals surface area contributed by atoms with E-state index in [2.05, 4.69) is 17.2 Å². The maximum Gasteiger partial charge on any atom is 0.271 e. The first-order chi connectivity index (χ1) is 15.6. The van der Waals surface area contributed by atoms with Crippen LogP contribution in [0, 0.1) is 10.1 Å². The molecule has 0 amide bonds. The molecule has 0 spiro atoms. The largest absolute Gasteiger partial charge is 0.494 e. The lowest BCUT2D eigenvalue weighted by Crippen LogP contribution is -1.97. The van der Waals surface area contributed by atoms with Gasteiger partial charge in [0.05, 0.1) is 22.2 Å². The molecule has 0 aliphatic heterocycles. The molecule has 0 unspecified atom stereocenters. The van der Waals surface area contributed by atoms with Crippen LogP contribution in [-0.4, -0.2) is 11.5 Å².